The molecule has 19 heavy (non-hydrogen) atoms. The molecule has 0 aromatic heterocycles. The highest BCUT2D eigenvalue weighted by Gasteiger charge is 2.20. The van der Waals surface area contributed by atoms with Crippen LogP contribution in [0, 0.1) is 11.6 Å². The van der Waals surface area contributed by atoms with Gasteiger partial charge in [0.25, 0.3) is 5.91 Å². The lowest BCUT2D eigenvalue weighted by molar-refractivity contribution is 0.0767. The molecular weight excluding hydrogens is 270 g/mol. The van der Waals surface area contributed by atoms with Gasteiger partial charge in [0.2, 0.25) is 0 Å². The molecule has 104 valence electrons. The highest BCUT2D eigenvalue weighted by atomic mass is 32.2. The van der Waals surface area contributed by atoms with E-state index in [0.29, 0.717) is 13.1 Å². The van der Waals surface area contributed by atoms with Gasteiger partial charge in [-0.3, -0.25) is 4.79 Å². The summed E-state index contributed by atoms with van der Waals surface area (Å²) in [5.74, 6) is 0.101. The van der Waals surface area contributed by atoms with E-state index in [0.717, 1.165) is 30.1 Å². The molecule has 1 amide bonds. The van der Waals surface area contributed by atoms with Crippen molar-refractivity contribution in [2.75, 3.05) is 37.0 Å². The minimum absolute atomic E-state index is 0.0703. The summed E-state index contributed by atoms with van der Waals surface area (Å²) in [6.45, 7) is 1.27. The average molecular weight is 286 g/mol. The summed E-state index contributed by atoms with van der Waals surface area (Å²) >= 11 is 1.79. The number of anilines is 1. The molecule has 0 aliphatic carbocycles. The number of amides is 1. The lowest BCUT2D eigenvalue weighted by Gasteiger charge is -2.20. The molecule has 1 aromatic rings. The lowest BCUT2D eigenvalue weighted by atomic mass is 10.1. The molecule has 1 N–H and O–H groups in total. The van der Waals surface area contributed by atoms with E-state index < -0.39 is 11.6 Å². The number of halogens is 2. The van der Waals surface area contributed by atoms with Crippen LogP contribution in [-0.2, 0) is 0 Å². The summed E-state index contributed by atoms with van der Waals surface area (Å²) in [5.41, 5.74) is -0.135. The van der Waals surface area contributed by atoms with Gasteiger partial charge < -0.3 is 10.2 Å². The van der Waals surface area contributed by atoms with Crippen molar-refractivity contribution in [3.63, 3.8) is 0 Å². The number of benzene rings is 1. The summed E-state index contributed by atoms with van der Waals surface area (Å²) in [7, 11) is 1.44. The maximum Gasteiger partial charge on any atom is 0.254 e. The smallest absolute Gasteiger partial charge is 0.254 e. The first-order valence-corrected chi connectivity index (χ1v) is 7.32. The van der Waals surface area contributed by atoms with Gasteiger partial charge in [0, 0.05) is 31.5 Å². The van der Waals surface area contributed by atoms with Gasteiger partial charge in [0.05, 0.1) is 0 Å². The van der Waals surface area contributed by atoms with E-state index in [9.17, 15) is 13.6 Å². The third-order valence-electron chi connectivity index (χ3n) is 3.05. The van der Waals surface area contributed by atoms with Crippen molar-refractivity contribution >= 4 is 23.4 Å². The molecule has 1 fully saturated rings. The number of hydrogen-bond donors (Lipinski definition) is 1. The Balaban J connectivity index is 2.23. The Morgan fingerprint density at radius 3 is 2.58 bits per heavy atom. The number of thioether (sulfide) groups is 1. The minimum Gasteiger partial charge on any atom is -0.383 e. The summed E-state index contributed by atoms with van der Waals surface area (Å²) in [6, 6.07) is 2.19. The molecule has 0 unspecified atom stereocenters. The molecule has 3 nitrogen and oxygen atoms in total. The van der Waals surface area contributed by atoms with Crippen LogP contribution < -0.4 is 5.32 Å². The van der Waals surface area contributed by atoms with Crippen molar-refractivity contribution in [3.8, 4) is 0 Å². The number of carbonyl (C=O) groups excluding carboxylic acids is 1. The zero-order valence-corrected chi connectivity index (χ0v) is 11.5. The molecule has 1 aliphatic rings. The third kappa shape index (κ3) is 3.18. The van der Waals surface area contributed by atoms with Gasteiger partial charge in [-0.25, -0.2) is 8.78 Å². The number of nitrogens with one attached hydrogen (secondary N) is 1. The van der Waals surface area contributed by atoms with Gasteiger partial charge in [-0.2, -0.15) is 11.8 Å². The summed E-state index contributed by atoms with van der Waals surface area (Å²) in [6.07, 6.45) is 0.913. The van der Waals surface area contributed by atoms with Crippen LogP contribution in [0.25, 0.3) is 0 Å². The predicted molar refractivity (Wildman–Crippen MR) is 73.8 cm³/mol. The molecule has 0 bridgehead atoms. The third-order valence-corrected chi connectivity index (χ3v) is 4.10. The van der Waals surface area contributed by atoms with E-state index in [2.05, 4.69) is 5.32 Å². The van der Waals surface area contributed by atoms with E-state index in [4.69, 9.17) is 0 Å². The number of rotatable bonds is 2. The van der Waals surface area contributed by atoms with E-state index in [1.165, 1.54) is 7.05 Å². The van der Waals surface area contributed by atoms with Gasteiger partial charge in [0.1, 0.15) is 17.3 Å². The second kappa shape index (κ2) is 6.23. The van der Waals surface area contributed by atoms with Crippen LogP contribution >= 0.6 is 11.8 Å². The van der Waals surface area contributed by atoms with Crippen LogP contribution in [-0.4, -0.2) is 42.4 Å². The van der Waals surface area contributed by atoms with Gasteiger partial charge in [-0.15, -0.1) is 0 Å². The van der Waals surface area contributed by atoms with E-state index in [1.807, 2.05) is 0 Å². The topological polar surface area (TPSA) is 32.3 Å². The molecule has 1 heterocycles. The normalized spacial score (nSPS) is 16.1. The zero-order valence-electron chi connectivity index (χ0n) is 10.7. The first-order chi connectivity index (χ1) is 9.13. The quantitative estimate of drug-likeness (QED) is 0.907. The van der Waals surface area contributed by atoms with Gasteiger partial charge >= 0.3 is 0 Å². The van der Waals surface area contributed by atoms with Crippen molar-refractivity contribution in [1.82, 2.24) is 4.90 Å². The molecule has 0 spiro atoms. The fourth-order valence-corrected chi connectivity index (χ4v) is 2.95. The van der Waals surface area contributed by atoms with Crippen LogP contribution in [0.1, 0.15) is 16.8 Å². The van der Waals surface area contributed by atoms with Crippen LogP contribution in [0.5, 0.6) is 0 Å². The van der Waals surface area contributed by atoms with Crippen molar-refractivity contribution in [2.24, 2.45) is 0 Å². The Morgan fingerprint density at radius 1 is 1.26 bits per heavy atom. The maximum atomic E-state index is 13.6. The minimum atomic E-state index is -0.741. The molecule has 0 radical (unpaired) electrons. The molecule has 1 saturated heterocycles. The molecule has 6 heteroatoms. The molecular formula is C13H16F2N2OS. The Bertz CT molecular complexity index is 451. The van der Waals surface area contributed by atoms with Gasteiger partial charge in [-0.1, -0.05) is 0 Å². The standard InChI is InChI=1S/C13H16F2N2OS/c1-16-12-10(14)7-9(8-11(12)15)13(18)17-3-2-5-19-6-4-17/h7-8,16H,2-6H2,1H3. The highest BCUT2D eigenvalue weighted by Crippen LogP contribution is 2.22. The van der Waals surface area contributed by atoms with Crippen molar-refractivity contribution in [3.05, 3.63) is 29.3 Å². The molecule has 0 atom stereocenters. The van der Waals surface area contributed by atoms with Gasteiger partial charge in [-0.05, 0) is 24.3 Å². The van der Waals surface area contributed by atoms with Crippen molar-refractivity contribution in [1.29, 1.82) is 0 Å². The lowest BCUT2D eigenvalue weighted by Crippen LogP contribution is -2.33. The Hall–Kier alpha value is -1.30. The van der Waals surface area contributed by atoms with Crippen LogP contribution in [0.2, 0.25) is 0 Å². The fourth-order valence-electron chi connectivity index (χ4n) is 2.07. The largest absolute Gasteiger partial charge is 0.383 e. The number of carbonyl (C=O) groups is 1. The second-order valence-corrected chi connectivity index (χ2v) is 5.55. The molecule has 0 saturated carbocycles. The molecule has 1 aromatic carbocycles. The highest BCUT2D eigenvalue weighted by molar-refractivity contribution is 7.99. The summed E-state index contributed by atoms with van der Waals surface area (Å²) in [4.78, 5) is 13.9. The average Bonchev–Trinajstić information content (AvgIpc) is 2.66. The van der Waals surface area contributed by atoms with Crippen LogP contribution in [0.15, 0.2) is 12.1 Å². The monoisotopic (exact) mass is 286 g/mol. The first-order valence-electron chi connectivity index (χ1n) is 6.17. The Kier molecular flexibility index (Phi) is 4.63. The predicted octanol–water partition coefficient (Wildman–Crippen LogP) is 2.59. The zero-order chi connectivity index (χ0) is 13.8. The van der Waals surface area contributed by atoms with E-state index >= 15 is 0 Å². The van der Waals surface area contributed by atoms with Crippen molar-refractivity contribution < 1.29 is 13.6 Å². The Morgan fingerprint density at radius 2 is 1.95 bits per heavy atom. The van der Waals surface area contributed by atoms with Crippen LogP contribution in [0.3, 0.4) is 0 Å². The summed E-state index contributed by atoms with van der Waals surface area (Å²) < 4.78 is 27.3. The van der Waals surface area contributed by atoms with E-state index in [1.54, 1.807) is 16.7 Å². The molecule has 2 rings (SSSR count). The fraction of sp³-hybridized carbons (Fsp3) is 0.462. The van der Waals surface area contributed by atoms with E-state index in [-0.39, 0.29) is 17.2 Å². The SMILES string of the molecule is CNc1c(F)cc(C(=O)N2CCCSCC2)cc1F. The number of hydrogen-bond acceptors (Lipinski definition) is 3. The number of nitrogens with zero attached hydrogens (tertiary/aromatic N) is 1. The Labute approximate surface area is 115 Å². The maximum absolute atomic E-state index is 13.6. The second-order valence-electron chi connectivity index (χ2n) is 4.32. The van der Waals surface area contributed by atoms with Crippen molar-refractivity contribution in [2.45, 2.75) is 6.42 Å². The van der Waals surface area contributed by atoms with Crippen LogP contribution in [0.4, 0.5) is 14.5 Å². The summed E-state index contributed by atoms with van der Waals surface area (Å²) in [5, 5.41) is 2.44. The molecule has 1 aliphatic heterocycles. The van der Waals surface area contributed by atoms with Gasteiger partial charge in [0.15, 0.2) is 0 Å². The first kappa shape index (κ1) is 14.1.